The Labute approximate surface area is 105 Å². The highest BCUT2D eigenvalue weighted by Gasteiger charge is 2.19. The lowest BCUT2D eigenvalue weighted by Crippen LogP contribution is -2.07. The molecule has 2 aromatic heterocycles. The fourth-order valence-corrected chi connectivity index (χ4v) is 1.57. The third-order valence-electron chi connectivity index (χ3n) is 1.99. The van der Waals surface area contributed by atoms with E-state index in [1.807, 2.05) is 0 Å². The SMILES string of the molecule is COC(=O)c1nc(Cl)nc2c(F)c(Cl)ncc12. The van der Waals surface area contributed by atoms with Crippen LogP contribution in [0.5, 0.6) is 0 Å². The number of ether oxygens (including phenoxy) is 1. The number of halogens is 3. The molecule has 0 N–H and O–H groups in total. The zero-order valence-electron chi connectivity index (χ0n) is 8.37. The van der Waals surface area contributed by atoms with E-state index in [2.05, 4.69) is 19.7 Å². The van der Waals surface area contributed by atoms with Gasteiger partial charge in [0, 0.05) is 6.20 Å². The first-order valence-electron chi connectivity index (χ1n) is 4.30. The number of methoxy groups -OCH3 is 1. The van der Waals surface area contributed by atoms with Crippen LogP contribution in [0.15, 0.2) is 6.20 Å². The quantitative estimate of drug-likeness (QED) is 0.454. The molecular weight excluding hydrogens is 272 g/mol. The second kappa shape index (κ2) is 4.38. The van der Waals surface area contributed by atoms with Gasteiger partial charge in [0.15, 0.2) is 16.7 Å². The maximum atomic E-state index is 13.6. The minimum atomic E-state index is -0.862. The minimum absolute atomic E-state index is 0.0863. The van der Waals surface area contributed by atoms with Crippen LogP contribution >= 0.6 is 23.2 Å². The molecular formula is C9H4Cl2FN3O2. The molecule has 2 aromatic rings. The van der Waals surface area contributed by atoms with E-state index in [4.69, 9.17) is 23.2 Å². The van der Waals surface area contributed by atoms with Gasteiger partial charge < -0.3 is 4.74 Å². The van der Waals surface area contributed by atoms with Crippen molar-refractivity contribution in [3.63, 3.8) is 0 Å². The monoisotopic (exact) mass is 275 g/mol. The number of carbonyl (C=O) groups is 1. The van der Waals surface area contributed by atoms with Gasteiger partial charge in [0.1, 0.15) is 5.52 Å². The minimum Gasteiger partial charge on any atom is -0.464 e. The number of hydrogen-bond acceptors (Lipinski definition) is 5. The molecule has 0 unspecified atom stereocenters. The molecule has 0 fully saturated rings. The fourth-order valence-electron chi connectivity index (χ4n) is 1.26. The number of carbonyl (C=O) groups excluding carboxylic acids is 1. The first-order chi connectivity index (χ1) is 8.04. The van der Waals surface area contributed by atoms with Gasteiger partial charge in [0.05, 0.1) is 12.5 Å². The molecule has 0 aliphatic carbocycles. The predicted octanol–water partition coefficient (Wildman–Crippen LogP) is 2.26. The maximum Gasteiger partial charge on any atom is 0.357 e. The van der Waals surface area contributed by atoms with Crippen molar-refractivity contribution >= 4 is 40.1 Å². The summed E-state index contributed by atoms with van der Waals surface area (Å²) in [6.45, 7) is 0. The number of aromatic nitrogens is 3. The van der Waals surface area contributed by atoms with Gasteiger partial charge in [0.2, 0.25) is 5.28 Å². The van der Waals surface area contributed by atoms with E-state index < -0.39 is 11.8 Å². The standard InChI is InChI=1S/C9H4Cl2FN3O2/c1-17-8(16)6-3-2-13-7(10)4(12)5(3)14-9(11)15-6/h2H,1H3. The Kier molecular flexibility index (Phi) is 3.08. The topological polar surface area (TPSA) is 65.0 Å². The molecule has 17 heavy (non-hydrogen) atoms. The summed E-state index contributed by atoms with van der Waals surface area (Å²) in [5.74, 6) is -1.62. The molecule has 8 heteroatoms. The van der Waals surface area contributed by atoms with Crippen molar-refractivity contribution in [3.05, 3.63) is 28.1 Å². The summed E-state index contributed by atoms with van der Waals surface area (Å²) in [5, 5.41) is -0.551. The van der Waals surface area contributed by atoms with Crippen LogP contribution in [0.4, 0.5) is 4.39 Å². The fraction of sp³-hybridized carbons (Fsp3) is 0.111. The van der Waals surface area contributed by atoms with Gasteiger partial charge in [-0.25, -0.2) is 24.1 Å². The van der Waals surface area contributed by atoms with Gasteiger partial charge in [0.25, 0.3) is 0 Å². The van der Waals surface area contributed by atoms with Crippen LogP contribution in [0.2, 0.25) is 10.4 Å². The van der Waals surface area contributed by atoms with Crippen LogP contribution in [-0.4, -0.2) is 28.0 Å². The molecule has 88 valence electrons. The Balaban J connectivity index is 2.86. The predicted molar refractivity (Wildman–Crippen MR) is 58.7 cm³/mol. The highest BCUT2D eigenvalue weighted by Crippen LogP contribution is 2.24. The summed E-state index contributed by atoms with van der Waals surface area (Å²) in [6, 6.07) is 0. The largest absolute Gasteiger partial charge is 0.464 e. The van der Waals surface area contributed by atoms with Gasteiger partial charge in [-0.3, -0.25) is 0 Å². The van der Waals surface area contributed by atoms with Crippen LogP contribution < -0.4 is 0 Å². The molecule has 0 atom stereocenters. The third kappa shape index (κ3) is 2.01. The number of esters is 1. The van der Waals surface area contributed by atoms with Gasteiger partial charge in [-0.05, 0) is 11.6 Å². The van der Waals surface area contributed by atoms with Gasteiger partial charge >= 0.3 is 5.97 Å². The van der Waals surface area contributed by atoms with E-state index in [-0.39, 0.29) is 27.0 Å². The average molecular weight is 276 g/mol. The van der Waals surface area contributed by atoms with Gasteiger partial charge in [-0.1, -0.05) is 11.6 Å². The molecule has 2 rings (SSSR count). The zero-order chi connectivity index (χ0) is 12.6. The maximum absolute atomic E-state index is 13.6. The molecule has 0 aliphatic rings. The van der Waals surface area contributed by atoms with E-state index >= 15 is 0 Å². The van der Waals surface area contributed by atoms with Crippen LogP contribution in [0, 0.1) is 5.82 Å². The number of hydrogen-bond donors (Lipinski definition) is 0. The van der Waals surface area contributed by atoms with Crippen molar-refractivity contribution in [2.75, 3.05) is 7.11 Å². The lowest BCUT2D eigenvalue weighted by atomic mass is 10.2. The van der Waals surface area contributed by atoms with Gasteiger partial charge in [-0.2, -0.15) is 0 Å². The third-order valence-corrected chi connectivity index (χ3v) is 2.43. The molecule has 0 saturated heterocycles. The van der Waals surface area contributed by atoms with Crippen LogP contribution in [0.3, 0.4) is 0 Å². The van der Waals surface area contributed by atoms with Crippen molar-refractivity contribution in [1.29, 1.82) is 0 Å². The summed E-state index contributed by atoms with van der Waals surface area (Å²) in [5.41, 5.74) is -0.337. The smallest absolute Gasteiger partial charge is 0.357 e. The summed E-state index contributed by atoms with van der Waals surface area (Å²) in [7, 11) is 1.17. The van der Waals surface area contributed by atoms with E-state index in [0.717, 1.165) is 0 Å². The first-order valence-corrected chi connectivity index (χ1v) is 5.05. The lowest BCUT2D eigenvalue weighted by molar-refractivity contribution is 0.0596. The highest BCUT2D eigenvalue weighted by molar-refractivity contribution is 6.31. The van der Waals surface area contributed by atoms with Crippen molar-refractivity contribution in [1.82, 2.24) is 15.0 Å². The Morgan fingerprint density at radius 1 is 1.41 bits per heavy atom. The molecule has 5 nitrogen and oxygen atoms in total. The Bertz CT molecular complexity index is 621. The molecule has 0 aliphatic heterocycles. The summed E-state index contributed by atoms with van der Waals surface area (Å²) in [4.78, 5) is 22.3. The van der Waals surface area contributed by atoms with Crippen molar-refractivity contribution in [2.45, 2.75) is 0 Å². The molecule has 2 heterocycles. The van der Waals surface area contributed by atoms with E-state index in [9.17, 15) is 9.18 Å². The van der Waals surface area contributed by atoms with Crippen molar-refractivity contribution in [3.8, 4) is 0 Å². The zero-order valence-corrected chi connectivity index (χ0v) is 9.88. The van der Waals surface area contributed by atoms with Crippen molar-refractivity contribution in [2.24, 2.45) is 0 Å². The van der Waals surface area contributed by atoms with Crippen LogP contribution in [-0.2, 0) is 4.74 Å². The first kappa shape index (κ1) is 11.9. The van der Waals surface area contributed by atoms with E-state index in [1.165, 1.54) is 13.3 Å². The normalized spacial score (nSPS) is 10.6. The molecule has 0 spiro atoms. The average Bonchev–Trinajstić information content (AvgIpc) is 2.32. The van der Waals surface area contributed by atoms with Crippen LogP contribution in [0.1, 0.15) is 10.5 Å². The lowest BCUT2D eigenvalue weighted by Gasteiger charge is -2.05. The van der Waals surface area contributed by atoms with Crippen LogP contribution in [0.25, 0.3) is 10.9 Å². The number of rotatable bonds is 1. The Hall–Kier alpha value is -1.53. The van der Waals surface area contributed by atoms with Gasteiger partial charge in [-0.15, -0.1) is 0 Å². The molecule has 0 amide bonds. The second-order valence-corrected chi connectivity index (χ2v) is 3.65. The molecule has 0 saturated carbocycles. The number of pyridine rings is 1. The Morgan fingerprint density at radius 3 is 2.76 bits per heavy atom. The summed E-state index contributed by atoms with van der Waals surface area (Å²) in [6.07, 6.45) is 1.18. The van der Waals surface area contributed by atoms with Crippen molar-refractivity contribution < 1.29 is 13.9 Å². The second-order valence-electron chi connectivity index (χ2n) is 2.96. The number of fused-ring (bicyclic) bond motifs is 1. The summed E-state index contributed by atoms with van der Waals surface area (Å²) >= 11 is 11.1. The summed E-state index contributed by atoms with van der Waals surface area (Å²) < 4.78 is 18.1. The molecule has 0 radical (unpaired) electrons. The molecule has 0 aromatic carbocycles. The molecule has 0 bridgehead atoms. The highest BCUT2D eigenvalue weighted by atomic mass is 35.5. The van der Waals surface area contributed by atoms with E-state index in [0.29, 0.717) is 0 Å². The Morgan fingerprint density at radius 2 is 2.12 bits per heavy atom. The van der Waals surface area contributed by atoms with E-state index in [1.54, 1.807) is 0 Å². The number of nitrogens with zero attached hydrogens (tertiary/aromatic N) is 3.